The number of guanidine groups is 1. The second-order valence-corrected chi connectivity index (χ2v) is 5.41. The van der Waals surface area contributed by atoms with Crippen LogP contribution in [0.25, 0.3) is 10.9 Å². The van der Waals surface area contributed by atoms with E-state index in [0.717, 1.165) is 16.8 Å². The molecule has 7 nitrogen and oxygen atoms in total. The van der Waals surface area contributed by atoms with Crippen LogP contribution >= 0.6 is 0 Å². The summed E-state index contributed by atoms with van der Waals surface area (Å²) >= 11 is 0. The molecule has 24 heavy (non-hydrogen) atoms. The Morgan fingerprint density at radius 2 is 1.92 bits per heavy atom. The molecule has 0 spiro atoms. The quantitative estimate of drug-likeness (QED) is 0.749. The van der Waals surface area contributed by atoms with E-state index in [4.69, 9.17) is 10.5 Å². The Kier molecular flexibility index (Phi) is 3.19. The molecule has 2 aromatic carbocycles. The number of nitrogens with one attached hydrogen (secondary N) is 1. The topological polar surface area (TPSA) is 94.5 Å². The third-order valence-corrected chi connectivity index (χ3v) is 3.99. The first-order chi connectivity index (χ1) is 11.7. The van der Waals surface area contributed by atoms with Crippen molar-refractivity contribution in [2.24, 2.45) is 10.7 Å². The monoisotopic (exact) mass is 321 g/mol. The van der Waals surface area contributed by atoms with E-state index in [1.165, 1.54) is 0 Å². The van der Waals surface area contributed by atoms with Gasteiger partial charge in [0.25, 0.3) is 5.56 Å². The van der Waals surface area contributed by atoms with Crippen molar-refractivity contribution in [1.82, 2.24) is 9.55 Å². The molecule has 0 bridgehead atoms. The van der Waals surface area contributed by atoms with Crippen LogP contribution < -0.4 is 21.3 Å². The fourth-order valence-corrected chi connectivity index (χ4v) is 2.86. The smallest absolute Gasteiger partial charge is 0.282 e. The number of hydrogen-bond donors (Lipinski definition) is 2. The molecule has 120 valence electrons. The maximum Gasteiger partial charge on any atom is 0.282 e. The first-order valence-electron chi connectivity index (χ1n) is 7.43. The van der Waals surface area contributed by atoms with Gasteiger partial charge in [-0.2, -0.15) is 4.98 Å². The molecule has 0 amide bonds. The van der Waals surface area contributed by atoms with Crippen molar-refractivity contribution in [2.45, 2.75) is 6.17 Å². The van der Waals surface area contributed by atoms with Crippen molar-refractivity contribution in [2.75, 3.05) is 12.4 Å². The molecule has 1 atom stereocenters. The van der Waals surface area contributed by atoms with Crippen LogP contribution in [0.15, 0.2) is 58.3 Å². The average Bonchev–Trinajstić information content (AvgIpc) is 2.61. The number of aliphatic imine (C=N–C) groups is 1. The third-order valence-electron chi connectivity index (χ3n) is 3.99. The van der Waals surface area contributed by atoms with Gasteiger partial charge in [0.2, 0.25) is 5.95 Å². The molecule has 0 saturated carbocycles. The Morgan fingerprint density at radius 1 is 1.17 bits per heavy atom. The Morgan fingerprint density at radius 3 is 2.67 bits per heavy atom. The number of nitrogens with two attached hydrogens (primary N) is 1. The fraction of sp³-hybridized carbons (Fsp3) is 0.118. The van der Waals surface area contributed by atoms with E-state index in [-0.39, 0.29) is 11.5 Å². The standard InChI is InChI=1S/C17H15N5O2/c1-24-11-8-6-10(7-9-11)14-19-16(18)21-17-20-15(23)12-4-2-3-5-13(12)22(14)17/h2-9,14H,1H3,(H3,18,19,20,21,23)/t14-/m0/s1. The molecular weight excluding hydrogens is 306 g/mol. The SMILES string of the molecule is COc1ccc([C@H]2N=C(N)Nc3nc(=O)c4ccccc4n32)cc1. The summed E-state index contributed by atoms with van der Waals surface area (Å²) in [6.45, 7) is 0. The van der Waals surface area contributed by atoms with Crippen LogP contribution in [0.3, 0.4) is 0 Å². The molecule has 2 heterocycles. The predicted octanol–water partition coefficient (Wildman–Crippen LogP) is 1.69. The average molecular weight is 321 g/mol. The first-order valence-corrected chi connectivity index (χ1v) is 7.43. The number of aromatic nitrogens is 2. The summed E-state index contributed by atoms with van der Waals surface area (Å²) in [4.78, 5) is 20.8. The van der Waals surface area contributed by atoms with Crippen LogP contribution in [0, 0.1) is 0 Å². The van der Waals surface area contributed by atoms with Gasteiger partial charge >= 0.3 is 0 Å². The number of rotatable bonds is 2. The van der Waals surface area contributed by atoms with Crippen molar-refractivity contribution in [3.05, 3.63) is 64.4 Å². The van der Waals surface area contributed by atoms with Crippen LogP contribution in [0.1, 0.15) is 11.7 Å². The number of anilines is 1. The second-order valence-electron chi connectivity index (χ2n) is 5.41. The normalized spacial score (nSPS) is 16.2. The fourth-order valence-electron chi connectivity index (χ4n) is 2.86. The molecule has 0 aliphatic carbocycles. The van der Waals surface area contributed by atoms with Gasteiger partial charge < -0.3 is 10.5 Å². The molecule has 7 heteroatoms. The van der Waals surface area contributed by atoms with Crippen LogP contribution in [0.4, 0.5) is 5.95 Å². The highest BCUT2D eigenvalue weighted by Gasteiger charge is 2.24. The van der Waals surface area contributed by atoms with E-state index >= 15 is 0 Å². The summed E-state index contributed by atoms with van der Waals surface area (Å²) in [6.07, 6.45) is -0.412. The van der Waals surface area contributed by atoms with Gasteiger partial charge in [0.15, 0.2) is 12.1 Å². The predicted molar refractivity (Wildman–Crippen MR) is 92.4 cm³/mol. The zero-order chi connectivity index (χ0) is 16.7. The number of para-hydroxylation sites is 1. The van der Waals surface area contributed by atoms with Gasteiger partial charge in [0, 0.05) is 0 Å². The lowest BCUT2D eigenvalue weighted by atomic mass is 10.1. The van der Waals surface area contributed by atoms with E-state index < -0.39 is 6.17 Å². The highest BCUT2D eigenvalue weighted by atomic mass is 16.5. The van der Waals surface area contributed by atoms with E-state index in [1.807, 2.05) is 47.0 Å². The molecule has 1 aromatic heterocycles. The van der Waals surface area contributed by atoms with E-state index in [9.17, 15) is 4.79 Å². The van der Waals surface area contributed by atoms with Crippen molar-refractivity contribution >= 4 is 22.8 Å². The van der Waals surface area contributed by atoms with Crippen LogP contribution in [-0.2, 0) is 0 Å². The molecule has 1 aliphatic heterocycles. The van der Waals surface area contributed by atoms with Crippen molar-refractivity contribution in [3.8, 4) is 5.75 Å². The highest BCUT2D eigenvalue weighted by molar-refractivity contribution is 5.93. The molecule has 0 radical (unpaired) electrons. The molecule has 0 unspecified atom stereocenters. The van der Waals surface area contributed by atoms with Gasteiger partial charge in [-0.25, -0.2) is 4.99 Å². The van der Waals surface area contributed by atoms with Gasteiger partial charge in [-0.05, 0) is 29.8 Å². The van der Waals surface area contributed by atoms with Gasteiger partial charge in [-0.15, -0.1) is 0 Å². The summed E-state index contributed by atoms with van der Waals surface area (Å²) < 4.78 is 7.07. The molecule has 1 aliphatic rings. The lowest BCUT2D eigenvalue weighted by Crippen LogP contribution is -2.34. The van der Waals surface area contributed by atoms with Crippen LogP contribution in [0.2, 0.25) is 0 Å². The maximum absolute atomic E-state index is 12.2. The molecule has 0 fully saturated rings. The number of hydrogen-bond acceptors (Lipinski definition) is 6. The van der Waals surface area contributed by atoms with E-state index in [1.54, 1.807) is 13.2 Å². The number of methoxy groups -OCH3 is 1. The molecular formula is C17H15N5O2. The van der Waals surface area contributed by atoms with Gasteiger partial charge in [0.05, 0.1) is 18.0 Å². The molecule has 4 rings (SSSR count). The van der Waals surface area contributed by atoms with Gasteiger partial charge in [0.1, 0.15) is 5.75 Å². The van der Waals surface area contributed by atoms with Crippen molar-refractivity contribution < 1.29 is 4.74 Å². The molecule has 3 N–H and O–H groups in total. The van der Waals surface area contributed by atoms with Crippen LogP contribution in [-0.4, -0.2) is 22.6 Å². The Balaban J connectivity index is 1.97. The van der Waals surface area contributed by atoms with E-state index in [2.05, 4.69) is 15.3 Å². The molecule has 0 saturated heterocycles. The summed E-state index contributed by atoms with van der Waals surface area (Å²) in [6, 6.07) is 14.9. The first kappa shape index (κ1) is 14.3. The molecule has 3 aromatic rings. The number of benzene rings is 2. The number of fused-ring (bicyclic) bond motifs is 3. The van der Waals surface area contributed by atoms with Crippen LogP contribution in [0.5, 0.6) is 5.75 Å². The summed E-state index contributed by atoms with van der Waals surface area (Å²) in [7, 11) is 1.62. The minimum absolute atomic E-state index is 0.220. The summed E-state index contributed by atoms with van der Waals surface area (Å²) in [5, 5.41) is 3.41. The minimum Gasteiger partial charge on any atom is -0.497 e. The highest BCUT2D eigenvalue weighted by Crippen LogP contribution is 2.30. The number of ether oxygens (including phenoxy) is 1. The Bertz CT molecular complexity index is 1010. The van der Waals surface area contributed by atoms with Crippen molar-refractivity contribution in [1.29, 1.82) is 0 Å². The lowest BCUT2D eigenvalue weighted by Gasteiger charge is -2.27. The zero-order valence-corrected chi connectivity index (χ0v) is 12.9. The zero-order valence-electron chi connectivity index (χ0n) is 12.9. The third kappa shape index (κ3) is 2.18. The van der Waals surface area contributed by atoms with Gasteiger partial charge in [-0.3, -0.25) is 14.7 Å². The largest absolute Gasteiger partial charge is 0.497 e. The van der Waals surface area contributed by atoms with Gasteiger partial charge in [-0.1, -0.05) is 24.3 Å². The van der Waals surface area contributed by atoms with Crippen molar-refractivity contribution in [3.63, 3.8) is 0 Å². The summed E-state index contributed by atoms with van der Waals surface area (Å²) in [5.41, 5.74) is 7.25. The number of nitrogens with zero attached hydrogens (tertiary/aromatic N) is 3. The lowest BCUT2D eigenvalue weighted by molar-refractivity contribution is 0.414. The Labute approximate surface area is 137 Å². The maximum atomic E-state index is 12.2. The second kappa shape index (κ2) is 5.38. The minimum atomic E-state index is -0.412. The van der Waals surface area contributed by atoms with E-state index in [0.29, 0.717) is 11.3 Å². The summed E-state index contributed by atoms with van der Waals surface area (Å²) in [5.74, 6) is 1.36. The Hall–Kier alpha value is -3.35.